The summed E-state index contributed by atoms with van der Waals surface area (Å²) in [6.07, 6.45) is 0.618. The first-order valence-corrected chi connectivity index (χ1v) is 3.36. The Labute approximate surface area is 54.4 Å². The summed E-state index contributed by atoms with van der Waals surface area (Å²) in [4.78, 5) is 0. The van der Waals surface area contributed by atoms with Crippen LogP contribution < -0.4 is 5.73 Å². The second kappa shape index (κ2) is 1.39. The highest BCUT2D eigenvalue weighted by Crippen LogP contribution is 2.50. The molecule has 0 aliphatic heterocycles. The number of aliphatic hydroxyl groups excluding tert-OH is 1. The molecule has 0 aromatic carbocycles. The zero-order chi connectivity index (χ0) is 6.59. The van der Waals surface area contributed by atoms with E-state index in [1.807, 2.05) is 0 Å². The van der Waals surface area contributed by atoms with Crippen LogP contribution in [0.5, 0.6) is 0 Å². The number of fused-ring (bicyclic) bond motifs is 1. The standard InChI is InChI=1S/C7H11NO/c1-3-6-4(8)2-5(9)7(3)6/h4-5,7,9H,2,8H2,1H3/t4-,5+,7-/m1/s1. The average Bonchev–Trinajstić information content (AvgIpc) is 2.30. The van der Waals surface area contributed by atoms with Crippen molar-refractivity contribution in [3.63, 3.8) is 0 Å². The lowest BCUT2D eigenvalue weighted by molar-refractivity contribution is 0.162. The maximum Gasteiger partial charge on any atom is 0.0661 e. The summed E-state index contributed by atoms with van der Waals surface area (Å²) in [5, 5.41) is 9.26. The molecule has 2 heteroatoms. The van der Waals surface area contributed by atoms with Gasteiger partial charge in [-0.25, -0.2) is 0 Å². The average molecular weight is 125 g/mol. The van der Waals surface area contributed by atoms with Crippen LogP contribution in [0, 0.1) is 5.92 Å². The summed E-state index contributed by atoms with van der Waals surface area (Å²) < 4.78 is 0. The summed E-state index contributed by atoms with van der Waals surface area (Å²) in [5.74, 6) is 0.389. The van der Waals surface area contributed by atoms with Crippen molar-refractivity contribution in [3.05, 3.63) is 11.1 Å². The second-order valence-electron chi connectivity index (χ2n) is 3.03. The van der Waals surface area contributed by atoms with Gasteiger partial charge in [-0.1, -0.05) is 5.57 Å². The largest absolute Gasteiger partial charge is 0.392 e. The summed E-state index contributed by atoms with van der Waals surface area (Å²) in [5.41, 5.74) is 8.34. The summed E-state index contributed by atoms with van der Waals surface area (Å²) >= 11 is 0. The fourth-order valence-electron chi connectivity index (χ4n) is 1.92. The van der Waals surface area contributed by atoms with Crippen LogP contribution in [-0.4, -0.2) is 17.3 Å². The highest BCUT2D eigenvalue weighted by Gasteiger charge is 2.48. The van der Waals surface area contributed by atoms with Gasteiger partial charge in [0.2, 0.25) is 0 Å². The minimum absolute atomic E-state index is 0.157. The smallest absolute Gasteiger partial charge is 0.0661 e. The van der Waals surface area contributed by atoms with E-state index in [0.29, 0.717) is 5.92 Å². The topological polar surface area (TPSA) is 46.2 Å². The Morgan fingerprint density at radius 1 is 1.67 bits per heavy atom. The van der Waals surface area contributed by atoms with Crippen LogP contribution in [0.25, 0.3) is 0 Å². The fourth-order valence-corrected chi connectivity index (χ4v) is 1.92. The molecule has 0 saturated heterocycles. The number of hydrogen-bond acceptors (Lipinski definition) is 2. The third kappa shape index (κ3) is 0.523. The highest BCUT2D eigenvalue weighted by molar-refractivity contribution is 5.48. The van der Waals surface area contributed by atoms with E-state index >= 15 is 0 Å². The molecule has 2 rings (SSSR count). The van der Waals surface area contributed by atoms with E-state index in [2.05, 4.69) is 6.92 Å². The molecule has 2 nitrogen and oxygen atoms in total. The van der Waals surface area contributed by atoms with E-state index in [0.717, 1.165) is 6.42 Å². The van der Waals surface area contributed by atoms with Gasteiger partial charge in [-0.15, -0.1) is 0 Å². The summed E-state index contributed by atoms with van der Waals surface area (Å²) in [7, 11) is 0. The molecule has 50 valence electrons. The quantitative estimate of drug-likeness (QED) is 0.448. The monoisotopic (exact) mass is 125 g/mol. The lowest BCUT2D eigenvalue weighted by Crippen LogP contribution is -2.18. The van der Waals surface area contributed by atoms with E-state index in [9.17, 15) is 5.11 Å². The van der Waals surface area contributed by atoms with Crippen molar-refractivity contribution < 1.29 is 5.11 Å². The Morgan fingerprint density at radius 2 is 2.33 bits per heavy atom. The number of rotatable bonds is 0. The van der Waals surface area contributed by atoms with Crippen LogP contribution in [0.2, 0.25) is 0 Å². The molecular weight excluding hydrogens is 114 g/mol. The molecule has 9 heavy (non-hydrogen) atoms. The molecule has 3 atom stereocenters. The molecule has 0 heterocycles. The van der Waals surface area contributed by atoms with Crippen molar-refractivity contribution >= 4 is 0 Å². The minimum atomic E-state index is -0.157. The molecule has 1 saturated carbocycles. The number of aliphatic hydroxyl groups is 1. The SMILES string of the molecule is CC1=C2[C@H]1[C@@H](O)C[C@H]2N. The molecule has 0 aromatic heterocycles. The molecular formula is C7H11NO. The van der Waals surface area contributed by atoms with Gasteiger partial charge in [0.25, 0.3) is 0 Å². The van der Waals surface area contributed by atoms with Crippen LogP contribution in [-0.2, 0) is 0 Å². The molecule has 0 bridgehead atoms. The van der Waals surface area contributed by atoms with Crippen molar-refractivity contribution in [3.8, 4) is 0 Å². The first-order valence-electron chi connectivity index (χ1n) is 3.36. The van der Waals surface area contributed by atoms with Gasteiger partial charge in [0, 0.05) is 12.0 Å². The number of nitrogens with two attached hydrogens (primary N) is 1. The van der Waals surface area contributed by atoms with Gasteiger partial charge in [-0.3, -0.25) is 0 Å². The first-order chi connectivity index (χ1) is 4.22. The molecule has 2 aliphatic rings. The maximum absolute atomic E-state index is 9.26. The van der Waals surface area contributed by atoms with E-state index in [-0.39, 0.29) is 12.1 Å². The van der Waals surface area contributed by atoms with E-state index in [1.165, 1.54) is 11.1 Å². The van der Waals surface area contributed by atoms with Crippen molar-refractivity contribution in [1.82, 2.24) is 0 Å². The lowest BCUT2D eigenvalue weighted by atomic mass is 10.1. The molecule has 0 radical (unpaired) electrons. The normalized spacial score (nSPS) is 47.7. The van der Waals surface area contributed by atoms with Crippen molar-refractivity contribution in [1.29, 1.82) is 0 Å². The molecule has 1 fully saturated rings. The predicted octanol–water partition coefficient (Wildman–Crippen LogP) is 0.0246. The fraction of sp³-hybridized carbons (Fsp3) is 0.714. The molecule has 0 unspecified atom stereocenters. The Morgan fingerprint density at radius 3 is 2.56 bits per heavy atom. The van der Waals surface area contributed by atoms with Crippen LogP contribution in [0.4, 0.5) is 0 Å². The lowest BCUT2D eigenvalue weighted by Gasteiger charge is -2.04. The van der Waals surface area contributed by atoms with Gasteiger partial charge in [0.1, 0.15) is 0 Å². The van der Waals surface area contributed by atoms with Gasteiger partial charge < -0.3 is 10.8 Å². The van der Waals surface area contributed by atoms with E-state index in [1.54, 1.807) is 0 Å². The van der Waals surface area contributed by atoms with Gasteiger partial charge in [0.05, 0.1) is 6.10 Å². The molecule has 0 spiro atoms. The predicted molar refractivity (Wildman–Crippen MR) is 34.8 cm³/mol. The van der Waals surface area contributed by atoms with Crippen molar-refractivity contribution in [2.24, 2.45) is 11.7 Å². The van der Waals surface area contributed by atoms with Crippen LogP contribution in [0.15, 0.2) is 11.1 Å². The van der Waals surface area contributed by atoms with Gasteiger partial charge in [-0.05, 0) is 18.9 Å². The van der Waals surface area contributed by atoms with Crippen LogP contribution in [0.3, 0.4) is 0 Å². The minimum Gasteiger partial charge on any atom is -0.392 e. The van der Waals surface area contributed by atoms with E-state index < -0.39 is 0 Å². The molecule has 0 amide bonds. The third-order valence-corrected chi connectivity index (χ3v) is 2.45. The molecule has 0 aromatic rings. The summed E-state index contributed by atoms with van der Waals surface area (Å²) in [6.45, 7) is 2.06. The Balaban J connectivity index is 2.22. The zero-order valence-electron chi connectivity index (χ0n) is 5.46. The maximum atomic E-state index is 9.26. The molecule has 2 aliphatic carbocycles. The van der Waals surface area contributed by atoms with Gasteiger partial charge in [0.15, 0.2) is 0 Å². The Kier molecular flexibility index (Phi) is 0.838. The van der Waals surface area contributed by atoms with Crippen LogP contribution in [0.1, 0.15) is 13.3 Å². The van der Waals surface area contributed by atoms with E-state index in [4.69, 9.17) is 5.73 Å². The molecule has 3 N–H and O–H groups in total. The number of hydrogen-bond donors (Lipinski definition) is 2. The summed E-state index contributed by atoms with van der Waals surface area (Å²) in [6, 6.07) is 0.171. The third-order valence-electron chi connectivity index (χ3n) is 2.45. The highest BCUT2D eigenvalue weighted by atomic mass is 16.3. The van der Waals surface area contributed by atoms with Gasteiger partial charge >= 0.3 is 0 Å². The van der Waals surface area contributed by atoms with Crippen molar-refractivity contribution in [2.45, 2.75) is 25.5 Å². The zero-order valence-corrected chi connectivity index (χ0v) is 5.46. The van der Waals surface area contributed by atoms with Crippen LogP contribution >= 0.6 is 0 Å². The second-order valence-corrected chi connectivity index (χ2v) is 3.03. The Hall–Kier alpha value is -0.340. The van der Waals surface area contributed by atoms with Gasteiger partial charge in [-0.2, -0.15) is 0 Å². The Bertz CT molecular complexity index is 185. The first kappa shape index (κ1) is 5.45. The van der Waals surface area contributed by atoms with Crippen molar-refractivity contribution in [2.75, 3.05) is 0 Å².